The molecule has 0 bridgehead atoms. The number of aliphatic hydroxyl groups is 1. The maximum Gasteiger partial charge on any atom is 0.263 e. The van der Waals surface area contributed by atoms with Crippen molar-refractivity contribution in [2.75, 3.05) is 6.61 Å². The van der Waals surface area contributed by atoms with Gasteiger partial charge in [0.25, 0.3) is 5.88 Å². The van der Waals surface area contributed by atoms with Gasteiger partial charge >= 0.3 is 0 Å². The Morgan fingerprint density at radius 3 is 3.25 bits per heavy atom. The summed E-state index contributed by atoms with van der Waals surface area (Å²) >= 11 is 0. The van der Waals surface area contributed by atoms with E-state index in [-0.39, 0.29) is 6.61 Å². The zero-order valence-electron chi connectivity index (χ0n) is 6.23. The molecule has 0 aromatic carbocycles. The van der Waals surface area contributed by atoms with Crippen molar-refractivity contribution in [2.45, 2.75) is 0 Å². The highest BCUT2D eigenvalue weighted by Crippen LogP contribution is 2.28. The molecule has 2 heterocycles. The zero-order valence-corrected chi connectivity index (χ0v) is 6.23. The second-order valence-corrected chi connectivity index (χ2v) is 2.27. The molecule has 0 amide bonds. The highest BCUT2D eigenvalue weighted by Gasteiger charge is 2.13. The largest absolute Gasteiger partial charge is 0.456 e. The Labute approximate surface area is 69.1 Å². The summed E-state index contributed by atoms with van der Waals surface area (Å²) < 4.78 is 10.3. The lowest BCUT2D eigenvalue weighted by Crippen LogP contribution is -2.08. The van der Waals surface area contributed by atoms with Gasteiger partial charge in [-0.15, -0.1) is 0 Å². The molecule has 0 atom stereocenters. The third kappa shape index (κ3) is 1.12. The molecule has 0 spiro atoms. The molecule has 0 unspecified atom stereocenters. The minimum atomic E-state index is -0.185. The minimum Gasteiger partial charge on any atom is -0.456 e. The fourth-order valence-corrected chi connectivity index (χ4v) is 0.889. The van der Waals surface area contributed by atoms with Gasteiger partial charge in [0.2, 0.25) is 0 Å². The van der Waals surface area contributed by atoms with Crippen LogP contribution in [0.4, 0.5) is 0 Å². The molecule has 0 fully saturated rings. The maximum absolute atomic E-state index is 8.72. The van der Waals surface area contributed by atoms with Gasteiger partial charge in [0.05, 0.1) is 0 Å². The highest BCUT2D eigenvalue weighted by atomic mass is 16.6. The molecule has 2 rings (SSSR count). The lowest BCUT2D eigenvalue weighted by atomic mass is 10.4. The quantitative estimate of drug-likeness (QED) is 0.665. The molecular weight excluding hydrogens is 158 g/mol. The second kappa shape index (κ2) is 2.83. The smallest absolute Gasteiger partial charge is 0.263 e. The van der Waals surface area contributed by atoms with Crippen LogP contribution in [0.3, 0.4) is 0 Å². The van der Waals surface area contributed by atoms with Gasteiger partial charge in [-0.2, -0.15) is 0 Å². The summed E-state index contributed by atoms with van der Waals surface area (Å²) in [6.45, 7) is -0.185. The van der Waals surface area contributed by atoms with E-state index >= 15 is 0 Å². The first kappa shape index (κ1) is 7.12. The summed E-state index contributed by atoms with van der Waals surface area (Å²) in [5, 5.41) is 8.72. The lowest BCUT2D eigenvalue weighted by Gasteiger charge is -2.14. The summed E-state index contributed by atoms with van der Waals surface area (Å²) in [5.41, 5.74) is 0. The fraction of sp³-hybridized carbons (Fsp3) is 0.125. The zero-order chi connectivity index (χ0) is 8.39. The van der Waals surface area contributed by atoms with Gasteiger partial charge in [-0.25, -0.2) is 4.98 Å². The van der Waals surface area contributed by atoms with Crippen molar-refractivity contribution in [2.24, 2.45) is 0 Å². The average Bonchev–Trinajstić information content (AvgIpc) is 2.17. The van der Waals surface area contributed by atoms with E-state index in [4.69, 9.17) is 14.6 Å². The summed E-state index contributed by atoms with van der Waals surface area (Å²) in [7, 11) is 0. The Bertz CT molecular complexity index is 322. The van der Waals surface area contributed by atoms with E-state index in [0.717, 1.165) is 0 Å². The maximum atomic E-state index is 8.72. The standard InChI is InChI=1S/C8H7NO3/c10-4-6-5-11-7-2-1-3-9-8(7)12-6/h1-3,5,10H,4H2. The Morgan fingerprint density at radius 1 is 1.50 bits per heavy atom. The molecule has 4 heteroatoms. The molecule has 1 N–H and O–H groups in total. The van der Waals surface area contributed by atoms with Crippen molar-refractivity contribution in [3.63, 3.8) is 0 Å². The van der Waals surface area contributed by atoms with Gasteiger partial charge < -0.3 is 14.6 Å². The van der Waals surface area contributed by atoms with Crippen molar-refractivity contribution < 1.29 is 14.6 Å². The molecule has 4 nitrogen and oxygen atoms in total. The molecule has 0 radical (unpaired) electrons. The van der Waals surface area contributed by atoms with Gasteiger partial charge in [0.15, 0.2) is 11.5 Å². The SMILES string of the molecule is OCC1=COc2cccnc2O1. The number of aromatic nitrogens is 1. The summed E-state index contributed by atoms with van der Waals surface area (Å²) in [5.74, 6) is 1.32. The molecule has 62 valence electrons. The molecular formula is C8H7NO3. The number of ether oxygens (including phenoxy) is 2. The molecule has 0 aliphatic carbocycles. The van der Waals surface area contributed by atoms with Gasteiger partial charge in [-0.05, 0) is 12.1 Å². The van der Waals surface area contributed by atoms with Gasteiger partial charge in [0, 0.05) is 6.20 Å². The summed E-state index contributed by atoms with van der Waals surface area (Å²) in [4.78, 5) is 3.92. The number of pyridine rings is 1. The number of hydrogen-bond acceptors (Lipinski definition) is 4. The Balaban J connectivity index is 2.31. The van der Waals surface area contributed by atoms with E-state index in [1.165, 1.54) is 6.26 Å². The van der Waals surface area contributed by atoms with Crippen molar-refractivity contribution in [1.29, 1.82) is 0 Å². The third-order valence-corrected chi connectivity index (χ3v) is 1.44. The molecule has 0 saturated heterocycles. The topological polar surface area (TPSA) is 51.6 Å². The van der Waals surface area contributed by atoms with Crippen LogP contribution in [0.5, 0.6) is 11.6 Å². The molecule has 0 saturated carbocycles. The van der Waals surface area contributed by atoms with Crippen LogP contribution in [0.15, 0.2) is 30.4 Å². The normalized spacial score (nSPS) is 13.9. The van der Waals surface area contributed by atoms with Gasteiger partial charge in [-0.3, -0.25) is 0 Å². The second-order valence-electron chi connectivity index (χ2n) is 2.27. The van der Waals surface area contributed by atoms with Crippen LogP contribution < -0.4 is 9.47 Å². The van der Waals surface area contributed by atoms with Gasteiger partial charge in [0.1, 0.15) is 12.9 Å². The Morgan fingerprint density at radius 2 is 2.42 bits per heavy atom. The van der Waals surface area contributed by atoms with E-state index < -0.39 is 0 Å². The first-order valence-corrected chi connectivity index (χ1v) is 3.49. The molecule has 1 aliphatic rings. The summed E-state index contributed by atoms with van der Waals surface area (Å²) in [6, 6.07) is 3.49. The number of fused-ring (bicyclic) bond motifs is 1. The van der Waals surface area contributed by atoms with Crippen molar-refractivity contribution in [1.82, 2.24) is 4.98 Å². The molecule has 1 aromatic heterocycles. The van der Waals surface area contributed by atoms with E-state index in [1.807, 2.05) is 0 Å². The van der Waals surface area contributed by atoms with Crippen LogP contribution in [0.25, 0.3) is 0 Å². The monoisotopic (exact) mass is 165 g/mol. The predicted octanol–water partition coefficient (Wildman–Crippen LogP) is 0.686. The highest BCUT2D eigenvalue weighted by molar-refractivity contribution is 5.36. The minimum absolute atomic E-state index is 0.185. The van der Waals surface area contributed by atoms with Crippen LogP contribution in [0.1, 0.15) is 0 Å². The van der Waals surface area contributed by atoms with E-state index in [2.05, 4.69) is 4.98 Å². The number of hydrogen-bond donors (Lipinski definition) is 1. The van der Waals surface area contributed by atoms with Crippen molar-refractivity contribution in [3.8, 4) is 11.6 Å². The Kier molecular flexibility index (Phi) is 1.68. The van der Waals surface area contributed by atoms with Crippen LogP contribution in [-0.4, -0.2) is 16.7 Å². The predicted molar refractivity (Wildman–Crippen MR) is 40.7 cm³/mol. The first-order valence-electron chi connectivity index (χ1n) is 3.49. The number of rotatable bonds is 1. The average molecular weight is 165 g/mol. The molecule has 12 heavy (non-hydrogen) atoms. The van der Waals surface area contributed by atoms with Crippen LogP contribution in [-0.2, 0) is 0 Å². The molecule has 1 aromatic rings. The summed E-state index contributed by atoms with van der Waals surface area (Å²) in [6.07, 6.45) is 2.96. The lowest BCUT2D eigenvalue weighted by molar-refractivity contribution is 0.228. The first-order chi connectivity index (χ1) is 5.90. The Hall–Kier alpha value is -1.55. The van der Waals surface area contributed by atoms with Crippen molar-refractivity contribution >= 4 is 0 Å². The molecule has 1 aliphatic heterocycles. The number of aliphatic hydroxyl groups excluding tert-OH is 1. The van der Waals surface area contributed by atoms with Crippen LogP contribution in [0.2, 0.25) is 0 Å². The van der Waals surface area contributed by atoms with Crippen LogP contribution >= 0.6 is 0 Å². The number of nitrogens with zero attached hydrogens (tertiary/aromatic N) is 1. The van der Waals surface area contributed by atoms with Crippen LogP contribution in [0, 0.1) is 0 Å². The van der Waals surface area contributed by atoms with Gasteiger partial charge in [-0.1, -0.05) is 0 Å². The van der Waals surface area contributed by atoms with E-state index in [0.29, 0.717) is 17.4 Å². The fourth-order valence-electron chi connectivity index (χ4n) is 0.889. The van der Waals surface area contributed by atoms with E-state index in [9.17, 15) is 0 Å². The third-order valence-electron chi connectivity index (χ3n) is 1.44. The van der Waals surface area contributed by atoms with Crippen molar-refractivity contribution in [3.05, 3.63) is 30.4 Å². The van der Waals surface area contributed by atoms with E-state index in [1.54, 1.807) is 18.3 Å².